The zero-order valence-electron chi connectivity index (χ0n) is 23.2. The standard InChI is InChI=1S/C10H12O.C10H16.C9H10O2.2C2H6.CH4/c1-2-4-9(5-3-1)6-7-10-8-11-10;1-2-9-7-4-5-8(6-7)10(9)3-1;1-2-4-8(5-3-1)10-6-9-7-11-9;2*1-2;/h1-5,10H,6-8H2;7-10H,1-6H2;1-5,9H,6-7H2;2*1-2H3;1H4. The van der Waals surface area contributed by atoms with Crippen LogP contribution in [0.4, 0.5) is 0 Å². The van der Waals surface area contributed by atoms with Crippen LogP contribution in [0.15, 0.2) is 60.7 Å². The second kappa shape index (κ2) is 17.6. The van der Waals surface area contributed by atoms with Gasteiger partial charge in [0.25, 0.3) is 0 Å². The average Bonchev–Trinajstić information content (AvgIpc) is 3.83. The molecule has 2 heterocycles. The van der Waals surface area contributed by atoms with E-state index in [1.54, 1.807) is 38.5 Å². The van der Waals surface area contributed by atoms with E-state index in [1.807, 2.05) is 58.0 Å². The highest BCUT2D eigenvalue weighted by Gasteiger charge is 2.48. The number of ether oxygens (including phenoxy) is 3. The molecule has 5 fully saturated rings. The minimum Gasteiger partial charge on any atom is -0.491 e. The molecule has 2 aliphatic heterocycles. The van der Waals surface area contributed by atoms with Crippen molar-refractivity contribution >= 4 is 0 Å². The van der Waals surface area contributed by atoms with Gasteiger partial charge in [-0.25, -0.2) is 0 Å². The van der Waals surface area contributed by atoms with Gasteiger partial charge in [0.15, 0.2) is 0 Å². The van der Waals surface area contributed by atoms with Crippen molar-refractivity contribution in [1.29, 1.82) is 0 Å². The molecule has 3 heteroatoms. The lowest BCUT2D eigenvalue weighted by atomic mass is 9.82. The van der Waals surface area contributed by atoms with Gasteiger partial charge in [-0.05, 0) is 86.3 Å². The summed E-state index contributed by atoms with van der Waals surface area (Å²) in [5.74, 6) is 5.72. The van der Waals surface area contributed by atoms with Crippen LogP contribution >= 0.6 is 0 Å². The van der Waals surface area contributed by atoms with Gasteiger partial charge in [-0.1, -0.05) is 90.1 Å². The first-order chi connectivity index (χ1) is 17.8. The lowest BCUT2D eigenvalue weighted by Gasteiger charge is -2.23. The molecular weight excluding hydrogens is 456 g/mol. The molecule has 6 atom stereocenters. The zero-order chi connectivity index (χ0) is 25.6. The highest BCUT2D eigenvalue weighted by molar-refractivity contribution is 5.21. The third kappa shape index (κ3) is 10.8. The summed E-state index contributed by atoms with van der Waals surface area (Å²) in [4.78, 5) is 0. The van der Waals surface area contributed by atoms with E-state index in [1.165, 1.54) is 35.7 Å². The van der Waals surface area contributed by atoms with Crippen LogP contribution in [0.1, 0.15) is 85.6 Å². The third-order valence-corrected chi connectivity index (χ3v) is 7.93. The predicted molar refractivity (Wildman–Crippen MR) is 157 cm³/mol. The minimum atomic E-state index is 0. The Morgan fingerprint density at radius 2 is 1.22 bits per heavy atom. The van der Waals surface area contributed by atoms with E-state index in [4.69, 9.17) is 14.2 Å². The van der Waals surface area contributed by atoms with Gasteiger partial charge in [0.05, 0.1) is 19.3 Å². The van der Waals surface area contributed by atoms with Crippen molar-refractivity contribution in [2.24, 2.45) is 23.7 Å². The molecule has 3 nitrogen and oxygen atoms in total. The third-order valence-electron chi connectivity index (χ3n) is 7.93. The Labute approximate surface area is 228 Å². The van der Waals surface area contributed by atoms with E-state index in [2.05, 4.69) is 30.3 Å². The van der Waals surface area contributed by atoms with Gasteiger partial charge in [0, 0.05) is 0 Å². The Hall–Kier alpha value is -1.84. The molecule has 5 aliphatic rings. The van der Waals surface area contributed by atoms with Gasteiger partial charge < -0.3 is 14.2 Å². The topological polar surface area (TPSA) is 34.3 Å². The fourth-order valence-electron chi connectivity index (χ4n) is 6.10. The van der Waals surface area contributed by atoms with E-state index >= 15 is 0 Å². The first kappa shape index (κ1) is 31.4. The summed E-state index contributed by atoms with van der Waals surface area (Å²) in [5.41, 5.74) is 1.42. The first-order valence-electron chi connectivity index (χ1n) is 14.8. The van der Waals surface area contributed by atoms with Crippen molar-refractivity contribution in [3.8, 4) is 5.75 Å². The molecule has 7 rings (SSSR count). The molecular formula is C34H54O3. The van der Waals surface area contributed by atoms with Gasteiger partial charge in [0.1, 0.15) is 18.5 Å². The van der Waals surface area contributed by atoms with Crippen molar-refractivity contribution in [1.82, 2.24) is 0 Å². The molecule has 3 saturated carbocycles. The quantitative estimate of drug-likeness (QED) is 0.364. The Morgan fingerprint density at radius 1 is 0.703 bits per heavy atom. The van der Waals surface area contributed by atoms with Crippen molar-refractivity contribution < 1.29 is 14.2 Å². The van der Waals surface area contributed by atoms with Crippen molar-refractivity contribution in [3.05, 3.63) is 66.2 Å². The molecule has 2 aromatic rings. The SMILES string of the molecule is C.C1CC2C3CCC(C3)C2C1.CC.CC.c1ccc(CCC2CO2)cc1.c1ccc(OCC2CO2)cc1. The normalized spacial score (nSPS) is 28.6. The molecule has 37 heavy (non-hydrogen) atoms. The fraction of sp³-hybridized carbons (Fsp3) is 0.647. The van der Waals surface area contributed by atoms with E-state index < -0.39 is 0 Å². The number of benzene rings is 2. The number of hydrogen-bond acceptors (Lipinski definition) is 3. The summed E-state index contributed by atoms with van der Waals surface area (Å²) in [6, 6.07) is 20.4. The van der Waals surface area contributed by atoms with E-state index in [9.17, 15) is 0 Å². The number of para-hydroxylation sites is 1. The molecule has 3 aliphatic carbocycles. The number of aryl methyl sites for hydroxylation is 1. The maximum atomic E-state index is 5.40. The van der Waals surface area contributed by atoms with Crippen molar-refractivity contribution in [2.45, 2.75) is 98.7 Å². The van der Waals surface area contributed by atoms with Crippen LogP contribution in [-0.4, -0.2) is 32.0 Å². The van der Waals surface area contributed by atoms with E-state index in [-0.39, 0.29) is 7.43 Å². The van der Waals surface area contributed by atoms with Crippen LogP contribution in [0.2, 0.25) is 0 Å². The second-order valence-electron chi connectivity index (χ2n) is 10.2. The summed E-state index contributed by atoms with van der Waals surface area (Å²) in [7, 11) is 0. The molecule has 0 N–H and O–H groups in total. The summed E-state index contributed by atoms with van der Waals surface area (Å²) >= 11 is 0. The minimum absolute atomic E-state index is 0. The molecule has 0 aromatic heterocycles. The van der Waals surface area contributed by atoms with Crippen LogP contribution in [-0.2, 0) is 15.9 Å². The van der Waals surface area contributed by atoms with Gasteiger partial charge >= 0.3 is 0 Å². The summed E-state index contributed by atoms with van der Waals surface area (Å²) < 4.78 is 15.5. The maximum Gasteiger partial charge on any atom is 0.119 e. The Kier molecular flexibility index (Phi) is 15.0. The van der Waals surface area contributed by atoms with Crippen molar-refractivity contribution in [2.75, 3.05) is 19.8 Å². The van der Waals surface area contributed by atoms with Crippen molar-refractivity contribution in [3.63, 3.8) is 0 Å². The number of rotatable bonds is 6. The van der Waals surface area contributed by atoms with Crippen LogP contribution in [0.25, 0.3) is 0 Å². The fourth-order valence-corrected chi connectivity index (χ4v) is 6.10. The zero-order valence-corrected chi connectivity index (χ0v) is 23.2. The highest BCUT2D eigenvalue weighted by atomic mass is 16.6. The van der Waals surface area contributed by atoms with Gasteiger partial charge in [-0.15, -0.1) is 0 Å². The lowest BCUT2D eigenvalue weighted by molar-refractivity contribution is 0.259. The molecule has 2 saturated heterocycles. The van der Waals surface area contributed by atoms with E-state index in [0.717, 1.165) is 25.4 Å². The Morgan fingerprint density at radius 3 is 1.73 bits per heavy atom. The molecule has 2 aromatic carbocycles. The highest BCUT2D eigenvalue weighted by Crippen LogP contribution is 2.58. The number of fused-ring (bicyclic) bond motifs is 5. The van der Waals surface area contributed by atoms with E-state index in [0.29, 0.717) is 18.8 Å². The van der Waals surface area contributed by atoms with Crippen LogP contribution in [0.5, 0.6) is 5.75 Å². The lowest BCUT2D eigenvalue weighted by Crippen LogP contribution is -2.15. The summed E-state index contributed by atoms with van der Waals surface area (Å²) in [6.45, 7) is 10.5. The largest absolute Gasteiger partial charge is 0.491 e. The summed E-state index contributed by atoms with van der Waals surface area (Å²) in [6.07, 6.45) is 12.8. The number of hydrogen-bond donors (Lipinski definition) is 0. The Balaban J connectivity index is 0.000000180. The molecule has 2 bridgehead atoms. The van der Waals surface area contributed by atoms with Crippen LogP contribution in [0, 0.1) is 23.7 Å². The second-order valence-corrected chi connectivity index (χ2v) is 10.2. The Bertz CT molecular complexity index is 733. The number of epoxide rings is 2. The molecule has 0 radical (unpaired) electrons. The van der Waals surface area contributed by atoms with Crippen LogP contribution in [0.3, 0.4) is 0 Å². The smallest absolute Gasteiger partial charge is 0.119 e. The molecule has 0 amide bonds. The first-order valence-corrected chi connectivity index (χ1v) is 14.8. The van der Waals surface area contributed by atoms with Gasteiger partial charge in [-0.3, -0.25) is 0 Å². The monoisotopic (exact) mass is 510 g/mol. The maximum absolute atomic E-state index is 5.40. The van der Waals surface area contributed by atoms with Gasteiger partial charge in [0.2, 0.25) is 0 Å². The molecule has 208 valence electrons. The predicted octanol–water partition coefficient (Wildman–Crippen LogP) is 9.00. The van der Waals surface area contributed by atoms with Gasteiger partial charge in [-0.2, -0.15) is 0 Å². The summed E-state index contributed by atoms with van der Waals surface area (Å²) in [5, 5.41) is 0. The van der Waals surface area contributed by atoms with Crippen LogP contribution < -0.4 is 4.74 Å². The molecule has 0 spiro atoms. The molecule has 6 unspecified atom stereocenters. The average molecular weight is 511 g/mol.